The van der Waals surface area contributed by atoms with E-state index in [1.165, 1.54) is 24.8 Å². The van der Waals surface area contributed by atoms with Crippen LogP contribution in [0, 0.1) is 0 Å². The number of rotatable bonds is 6. The molecule has 0 bridgehead atoms. The lowest BCUT2D eigenvalue weighted by molar-refractivity contribution is -0.127. The van der Waals surface area contributed by atoms with Crippen LogP contribution in [0.1, 0.15) is 39.5 Å². The van der Waals surface area contributed by atoms with Gasteiger partial charge in [-0.15, -0.1) is 0 Å². The van der Waals surface area contributed by atoms with Crippen LogP contribution in [0.2, 0.25) is 0 Å². The van der Waals surface area contributed by atoms with Crippen LogP contribution < -0.4 is 5.32 Å². The molecule has 1 rings (SSSR count). The van der Waals surface area contributed by atoms with Crippen LogP contribution in [0.4, 0.5) is 0 Å². The summed E-state index contributed by atoms with van der Waals surface area (Å²) in [7, 11) is 0. The van der Waals surface area contributed by atoms with Crippen molar-refractivity contribution >= 4 is 5.91 Å². The fourth-order valence-electron chi connectivity index (χ4n) is 1.62. The molecule has 0 saturated heterocycles. The molecule has 1 aliphatic carbocycles. The van der Waals surface area contributed by atoms with Crippen LogP contribution >= 0.6 is 0 Å². The van der Waals surface area contributed by atoms with E-state index in [1.807, 2.05) is 13.8 Å². The number of hydrogen-bond acceptors (Lipinski definition) is 2. The Hall–Kier alpha value is -0.830. The van der Waals surface area contributed by atoms with Gasteiger partial charge < -0.3 is 10.1 Å². The molecule has 15 heavy (non-hydrogen) atoms. The first-order chi connectivity index (χ1) is 7.18. The van der Waals surface area contributed by atoms with E-state index in [2.05, 4.69) is 11.4 Å². The van der Waals surface area contributed by atoms with Crippen molar-refractivity contribution in [3.63, 3.8) is 0 Å². The van der Waals surface area contributed by atoms with Crippen LogP contribution in [0.3, 0.4) is 0 Å². The third-order valence-electron chi connectivity index (χ3n) is 2.45. The average Bonchev–Trinajstić information content (AvgIpc) is 2.67. The van der Waals surface area contributed by atoms with Crippen LogP contribution in [-0.2, 0) is 9.53 Å². The van der Waals surface area contributed by atoms with Crippen molar-refractivity contribution in [2.24, 2.45) is 0 Å². The molecule has 0 heterocycles. The number of amides is 1. The number of carbonyl (C=O) groups is 1. The maximum absolute atomic E-state index is 11.3. The minimum absolute atomic E-state index is 0.0118. The van der Waals surface area contributed by atoms with E-state index in [0.717, 1.165) is 13.0 Å². The van der Waals surface area contributed by atoms with Crippen LogP contribution in [0.5, 0.6) is 0 Å². The van der Waals surface area contributed by atoms with Gasteiger partial charge in [0.1, 0.15) is 6.61 Å². The number of carbonyl (C=O) groups excluding carboxylic acids is 1. The van der Waals surface area contributed by atoms with Crippen molar-refractivity contribution in [1.29, 1.82) is 0 Å². The molecule has 0 saturated carbocycles. The van der Waals surface area contributed by atoms with Crippen LogP contribution in [0.25, 0.3) is 0 Å². The fraction of sp³-hybridized carbons (Fsp3) is 0.750. The molecule has 0 aromatic rings. The summed E-state index contributed by atoms with van der Waals surface area (Å²) in [5, 5.41) is 2.86. The maximum Gasteiger partial charge on any atom is 0.246 e. The van der Waals surface area contributed by atoms with Crippen LogP contribution in [0.15, 0.2) is 11.6 Å². The van der Waals surface area contributed by atoms with Crippen LogP contribution in [-0.4, -0.2) is 25.2 Å². The second-order valence-corrected chi connectivity index (χ2v) is 4.21. The topological polar surface area (TPSA) is 38.3 Å². The Kier molecular flexibility index (Phi) is 5.40. The lowest BCUT2D eigenvalue weighted by Gasteiger charge is -2.08. The zero-order valence-electron chi connectivity index (χ0n) is 9.71. The van der Waals surface area contributed by atoms with E-state index >= 15 is 0 Å². The molecule has 1 N–H and O–H groups in total. The summed E-state index contributed by atoms with van der Waals surface area (Å²) in [4.78, 5) is 11.3. The van der Waals surface area contributed by atoms with Gasteiger partial charge >= 0.3 is 0 Å². The van der Waals surface area contributed by atoms with E-state index in [0.29, 0.717) is 0 Å². The molecule has 0 fully saturated rings. The van der Waals surface area contributed by atoms with Crippen molar-refractivity contribution in [3.8, 4) is 0 Å². The predicted octanol–water partition coefficient (Wildman–Crippen LogP) is 2.03. The van der Waals surface area contributed by atoms with Gasteiger partial charge in [0.05, 0.1) is 6.10 Å². The molecule has 0 unspecified atom stereocenters. The Morgan fingerprint density at radius 3 is 3.00 bits per heavy atom. The third-order valence-corrected chi connectivity index (χ3v) is 2.45. The first-order valence-corrected chi connectivity index (χ1v) is 5.74. The van der Waals surface area contributed by atoms with Crippen molar-refractivity contribution < 1.29 is 9.53 Å². The first kappa shape index (κ1) is 12.2. The van der Waals surface area contributed by atoms with E-state index in [9.17, 15) is 4.79 Å². The van der Waals surface area contributed by atoms with Gasteiger partial charge in [0.15, 0.2) is 0 Å². The van der Waals surface area contributed by atoms with Gasteiger partial charge in [-0.2, -0.15) is 0 Å². The summed E-state index contributed by atoms with van der Waals surface area (Å²) in [6, 6.07) is 0. The zero-order valence-corrected chi connectivity index (χ0v) is 9.71. The Bertz CT molecular complexity index is 234. The SMILES string of the molecule is CC(C)OCC(=O)NCCC1=CCCC1. The standard InChI is InChI=1S/C12H21NO2/c1-10(2)15-9-12(14)13-8-7-11-5-3-4-6-11/h5,10H,3-4,6-9H2,1-2H3,(H,13,14). The lowest BCUT2D eigenvalue weighted by atomic mass is 10.2. The second kappa shape index (κ2) is 6.62. The van der Waals surface area contributed by atoms with Crippen molar-refractivity contribution in [3.05, 3.63) is 11.6 Å². The first-order valence-electron chi connectivity index (χ1n) is 5.74. The Morgan fingerprint density at radius 1 is 1.60 bits per heavy atom. The molecule has 0 aromatic carbocycles. The normalized spacial score (nSPS) is 15.5. The van der Waals surface area contributed by atoms with Gasteiger partial charge in [0.25, 0.3) is 0 Å². The van der Waals surface area contributed by atoms with Gasteiger partial charge in [0, 0.05) is 6.54 Å². The minimum Gasteiger partial charge on any atom is -0.369 e. The summed E-state index contributed by atoms with van der Waals surface area (Å²) < 4.78 is 5.20. The summed E-state index contributed by atoms with van der Waals surface area (Å²) in [6.07, 6.45) is 7.09. The van der Waals surface area contributed by atoms with E-state index in [1.54, 1.807) is 0 Å². The molecular formula is C12H21NO2. The minimum atomic E-state index is -0.0118. The summed E-state index contributed by atoms with van der Waals surface area (Å²) in [5.41, 5.74) is 1.49. The van der Waals surface area contributed by atoms with Gasteiger partial charge in [-0.3, -0.25) is 4.79 Å². The summed E-state index contributed by atoms with van der Waals surface area (Å²) in [5.74, 6) is -0.0118. The highest BCUT2D eigenvalue weighted by Crippen LogP contribution is 2.19. The van der Waals surface area contributed by atoms with E-state index in [4.69, 9.17) is 4.74 Å². The fourth-order valence-corrected chi connectivity index (χ4v) is 1.62. The lowest BCUT2D eigenvalue weighted by Crippen LogP contribution is -2.29. The van der Waals surface area contributed by atoms with Gasteiger partial charge in [-0.05, 0) is 39.5 Å². The zero-order chi connectivity index (χ0) is 11.1. The average molecular weight is 211 g/mol. The van der Waals surface area contributed by atoms with Gasteiger partial charge in [-0.25, -0.2) is 0 Å². The van der Waals surface area contributed by atoms with Crippen molar-refractivity contribution in [1.82, 2.24) is 5.32 Å². The molecule has 0 aromatic heterocycles. The second-order valence-electron chi connectivity index (χ2n) is 4.21. The molecule has 3 nitrogen and oxygen atoms in total. The quantitative estimate of drug-likeness (QED) is 0.683. The number of allylic oxidation sites excluding steroid dienone is 1. The molecule has 0 atom stereocenters. The van der Waals surface area contributed by atoms with E-state index < -0.39 is 0 Å². The largest absolute Gasteiger partial charge is 0.369 e. The Morgan fingerprint density at radius 2 is 2.40 bits per heavy atom. The Labute approximate surface area is 91.9 Å². The predicted molar refractivity (Wildman–Crippen MR) is 60.6 cm³/mol. The van der Waals surface area contributed by atoms with E-state index in [-0.39, 0.29) is 18.6 Å². The highest BCUT2D eigenvalue weighted by Gasteiger charge is 2.06. The number of ether oxygens (including phenoxy) is 1. The molecule has 0 aliphatic heterocycles. The molecule has 1 amide bonds. The highest BCUT2D eigenvalue weighted by molar-refractivity contribution is 5.77. The Balaban J connectivity index is 2.01. The maximum atomic E-state index is 11.3. The molecular weight excluding hydrogens is 190 g/mol. The molecule has 3 heteroatoms. The number of hydrogen-bond donors (Lipinski definition) is 1. The molecule has 0 spiro atoms. The van der Waals surface area contributed by atoms with Crippen molar-refractivity contribution in [2.75, 3.05) is 13.2 Å². The summed E-state index contributed by atoms with van der Waals surface area (Å²) in [6.45, 7) is 4.77. The highest BCUT2D eigenvalue weighted by atomic mass is 16.5. The third kappa shape index (κ3) is 5.57. The molecule has 1 aliphatic rings. The molecule has 86 valence electrons. The monoisotopic (exact) mass is 211 g/mol. The smallest absolute Gasteiger partial charge is 0.246 e. The van der Waals surface area contributed by atoms with Gasteiger partial charge in [-0.1, -0.05) is 11.6 Å². The summed E-state index contributed by atoms with van der Waals surface area (Å²) >= 11 is 0. The number of nitrogens with one attached hydrogen (secondary N) is 1. The molecule has 0 radical (unpaired) electrons. The van der Waals surface area contributed by atoms with Crippen molar-refractivity contribution in [2.45, 2.75) is 45.6 Å². The van der Waals surface area contributed by atoms with Gasteiger partial charge in [0.2, 0.25) is 5.91 Å².